The number of nitrogens with zero attached hydrogens (tertiary/aromatic N) is 5. The predicted molar refractivity (Wildman–Crippen MR) is 80.1 cm³/mol. The number of carbonyl (C=O) groups excluding carboxylic acids is 1. The highest BCUT2D eigenvalue weighted by atomic mass is 16.2. The van der Waals surface area contributed by atoms with E-state index in [2.05, 4.69) is 20.6 Å². The molecule has 0 N–H and O–H groups in total. The molecule has 1 aliphatic heterocycles. The second-order valence-corrected chi connectivity index (χ2v) is 5.50. The van der Waals surface area contributed by atoms with E-state index in [1.165, 1.54) is 0 Å². The molecule has 1 saturated heterocycles. The minimum Gasteiger partial charge on any atom is -0.335 e. The van der Waals surface area contributed by atoms with Gasteiger partial charge in [0.15, 0.2) is 0 Å². The van der Waals surface area contributed by atoms with Crippen LogP contribution >= 0.6 is 0 Å². The first-order valence-corrected chi connectivity index (χ1v) is 7.33. The number of aromatic nitrogens is 3. The number of imidazole rings is 1. The van der Waals surface area contributed by atoms with Gasteiger partial charge >= 0.3 is 0 Å². The van der Waals surface area contributed by atoms with Gasteiger partial charge < -0.3 is 9.47 Å². The highest BCUT2D eigenvalue weighted by Crippen LogP contribution is 2.22. The van der Waals surface area contributed by atoms with E-state index in [1.807, 2.05) is 11.1 Å². The number of aryl methyl sites for hydroxylation is 1. The highest BCUT2D eigenvalue weighted by Gasteiger charge is 2.26. The number of rotatable bonds is 2. The molecule has 0 radical (unpaired) electrons. The van der Waals surface area contributed by atoms with Crippen molar-refractivity contribution in [3.63, 3.8) is 0 Å². The van der Waals surface area contributed by atoms with E-state index in [0.717, 1.165) is 19.4 Å². The third kappa shape index (κ3) is 2.70. The molecule has 2 aromatic rings. The van der Waals surface area contributed by atoms with E-state index in [4.69, 9.17) is 5.26 Å². The molecule has 1 unspecified atom stereocenters. The van der Waals surface area contributed by atoms with E-state index in [1.54, 1.807) is 31.6 Å². The van der Waals surface area contributed by atoms with E-state index < -0.39 is 0 Å². The number of nitriles is 1. The number of likely N-dealkylation sites (tertiary alicyclic amines) is 1. The highest BCUT2D eigenvalue weighted by molar-refractivity contribution is 5.92. The Labute approximate surface area is 129 Å². The second kappa shape index (κ2) is 5.98. The first kappa shape index (κ1) is 14.3. The van der Waals surface area contributed by atoms with Crippen LogP contribution in [0.15, 0.2) is 30.9 Å². The topological polar surface area (TPSA) is 74.8 Å². The van der Waals surface area contributed by atoms with Crippen LogP contribution in [0.2, 0.25) is 0 Å². The minimum absolute atomic E-state index is 0.0718. The molecule has 6 heteroatoms. The molecule has 1 fully saturated rings. The van der Waals surface area contributed by atoms with Crippen LogP contribution in [0.1, 0.15) is 40.6 Å². The molecule has 6 nitrogen and oxygen atoms in total. The van der Waals surface area contributed by atoms with Crippen molar-refractivity contribution < 1.29 is 4.79 Å². The monoisotopic (exact) mass is 295 g/mol. The lowest BCUT2D eigenvalue weighted by Gasteiger charge is -2.33. The van der Waals surface area contributed by atoms with Gasteiger partial charge in [0.25, 0.3) is 5.91 Å². The largest absolute Gasteiger partial charge is 0.335 e. The van der Waals surface area contributed by atoms with Gasteiger partial charge in [0, 0.05) is 25.5 Å². The lowest BCUT2D eigenvalue weighted by atomic mass is 10.0. The zero-order chi connectivity index (χ0) is 15.5. The summed E-state index contributed by atoms with van der Waals surface area (Å²) in [4.78, 5) is 22.8. The molecule has 0 aliphatic carbocycles. The zero-order valence-corrected chi connectivity index (χ0v) is 12.4. The first-order valence-electron chi connectivity index (χ1n) is 7.33. The Balaban J connectivity index is 1.77. The smallest absolute Gasteiger partial charge is 0.272 e. The van der Waals surface area contributed by atoms with Crippen molar-refractivity contribution in [1.82, 2.24) is 19.4 Å². The number of carbonyl (C=O) groups is 1. The zero-order valence-electron chi connectivity index (χ0n) is 12.4. The molecular formula is C16H17N5O. The molecule has 1 atom stereocenters. The predicted octanol–water partition coefficient (Wildman–Crippen LogP) is 1.94. The van der Waals surface area contributed by atoms with Crippen molar-refractivity contribution in [2.45, 2.75) is 25.8 Å². The molecule has 0 bridgehead atoms. The summed E-state index contributed by atoms with van der Waals surface area (Å²) in [6.45, 7) is 3.15. The summed E-state index contributed by atoms with van der Waals surface area (Å²) >= 11 is 0. The maximum absolute atomic E-state index is 12.6. The van der Waals surface area contributed by atoms with Gasteiger partial charge in [-0.25, -0.2) is 9.97 Å². The summed E-state index contributed by atoms with van der Waals surface area (Å²) in [7, 11) is 0. The summed E-state index contributed by atoms with van der Waals surface area (Å²) < 4.78 is 2.05. The van der Waals surface area contributed by atoms with E-state index in [-0.39, 0.29) is 11.9 Å². The molecule has 2 aromatic heterocycles. The molecule has 112 valence electrons. The van der Waals surface area contributed by atoms with Crippen LogP contribution in [0.5, 0.6) is 0 Å². The molecule has 1 amide bonds. The second-order valence-electron chi connectivity index (χ2n) is 5.50. The van der Waals surface area contributed by atoms with E-state index >= 15 is 0 Å². The minimum atomic E-state index is -0.0718. The van der Waals surface area contributed by atoms with Crippen LogP contribution in [0, 0.1) is 18.3 Å². The molecular weight excluding hydrogens is 278 g/mol. The molecule has 22 heavy (non-hydrogen) atoms. The van der Waals surface area contributed by atoms with E-state index in [0.29, 0.717) is 23.5 Å². The first-order chi connectivity index (χ1) is 10.7. The van der Waals surface area contributed by atoms with Gasteiger partial charge in [-0.2, -0.15) is 5.26 Å². The standard InChI is InChI=1S/C16H17N5O/c1-12-13(9-17)4-5-15(19-12)16(22)20-7-2-3-14(10-20)21-8-6-18-11-21/h4-6,8,11,14H,2-3,7,10H2,1H3. The molecule has 0 spiro atoms. The summed E-state index contributed by atoms with van der Waals surface area (Å²) in [5.74, 6) is -0.0718. The summed E-state index contributed by atoms with van der Waals surface area (Å²) in [5, 5.41) is 8.94. The molecule has 1 aliphatic rings. The molecule has 0 aromatic carbocycles. The molecule has 0 saturated carbocycles. The Kier molecular flexibility index (Phi) is 3.88. The summed E-state index contributed by atoms with van der Waals surface area (Å²) in [6, 6.07) is 5.63. The fraction of sp³-hybridized carbons (Fsp3) is 0.375. The SMILES string of the molecule is Cc1nc(C(=O)N2CCCC(n3ccnc3)C2)ccc1C#N. The lowest BCUT2D eigenvalue weighted by Crippen LogP contribution is -2.40. The Morgan fingerprint density at radius 1 is 1.45 bits per heavy atom. The van der Waals surface area contributed by atoms with Crippen molar-refractivity contribution in [3.05, 3.63) is 47.8 Å². The number of pyridine rings is 1. The summed E-state index contributed by atoms with van der Waals surface area (Å²) in [5.41, 5.74) is 1.51. The van der Waals surface area contributed by atoms with Crippen LogP contribution in [-0.4, -0.2) is 38.4 Å². The van der Waals surface area contributed by atoms with Crippen LogP contribution < -0.4 is 0 Å². The number of piperidine rings is 1. The van der Waals surface area contributed by atoms with Crippen molar-refractivity contribution in [2.24, 2.45) is 0 Å². The third-order valence-corrected chi connectivity index (χ3v) is 4.06. The fourth-order valence-corrected chi connectivity index (χ4v) is 2.83. The van der Waals surface area contributed by atoms with Crippen LogP contribution in [-0.2, 0) is 0 Å². The lowest BCUT2D eigenvalue weighted by molar-refractivity contribution is 0.0673. The Bertz CT molecular complexity index is 717. The third-order valence-electron chi connectivity index (χ3n) is 4.06. The van der Waals surface area contributed by atoms with Gasteiger partial charge in [0.05, 0.1) is 23.6 Å². The summed E-state index contributed by atoms with van der Waals surface area (Å²) in [6.07, 6.45) is 7.49. The van der Waals surface area contributed by atoms with Gasteiger partial charge in [-0.05, 0) is 31.9 Å². The van der Waals surface area contributed by atoms with Gasteiger partial charge in [0.1, 0.15) is 11.8 Å². The van der Waals surface area contributed by atoms with Crippen molar-refractivity contribution in [3.8, 4) is 6.07 Å². The van der Waals surface area contributed by atoms with Crippen LogP contribution in [0.25, 0.3) is 0 Å². The number of hydrogen-bond acceptors (Lipinski definition) is 4. The average molecular weight is 295 g/mol. The molecule has 3 heterocycles. The maximum atomic E-state index is 12.6. The number of hydrogen-bond donors (Lipinski definition) is 0. The number of amides is 1. The van der Waals surface area contributed by atoms with Crippen molar-refractivity contribution in [2.75, 3.05) is 13.1 Å². The van der Waals surface area contributed by atoms with Crippen LogP contribution in [0.3, 0.4) is 0 Å². The van der Waals surface area contributed by atoms with Crippen molar-refractivity contribution >= 4 is 5.91 Å². The Morgan fingerprint density at radius 2 is 2.32 bits per heavy atom. The fourth-order valence-electron chi connectivity index (χ4n) is 2.83. The van der Waals surface area contributed by atoms with Gasteiger partial charge in [0.2, 0.25) is 0 Å². The molecule has 3 rings (SSSR count). The van der Waals surface area contributed by atoms with E-state index in [9.17, 15) is 4.79 Å². The van der Waals surface area contributed by atoms with Gasteiger partial charge in [-0.15, -0.1) is 0 Å². The Morgan fingerprint density at radius 3 is 3.00 bits per heavy atom. The maximum Gasteiger partial charge on any atom is 0.272 e. The van der Waals surface area contributed by atoms with Gasteiger partial charge in [-0.3, -0.25) is 4.79 Å². The average Bonchev–Trinajstić information content (AvgIpc) is 3.09. The Hall–Kier alpha value is -2.68. The van der Waals surface area contributed by atoms with Crippen LogP contribution in [0.4, 0.5) is 0 Å². The van der Waals surface area contributed by atoms with Gasteiger partial charge in [-0.1, -0.05) is 0 Å². The quantitative estimate of drug-likeness (QED) is 0.848. The normalized spacial score (nSPS) is 18.0. The van der Waals surface area contributed by atoms with Crippen molar-refractivity contribution in [1.29, 1.82) is 5.26 Å².